The van der Waals surface area contributed by atoms with E-state index in [0.29, 0.717) is 33.7 Å². The van der Waals surface area contributed by atoms with Crippen molar-refractivity contribution in [3.63, 3.8) is 0 Å². The second kappa shape index (κ2) is 13.1. The molecule has 1 saturated carbocycles. The normalized spacial score (nSPS) is 13.2. The number of carbonyl (C=O) groups excluding carboxylic acids is 2. The van der Waals surface area contributed by atoms with Crippen LogP contribution in [0.2, 0.25) is 0 Å². The quantitative estimate of drug-likeness (QED) is 0.116. The highest BCUT2D eigenvalue weighted by molar-refractivity contribution is 7.99. The minimum atomic E-state index is -0.594. The van der Waals surface area contributed by atoms with Crippen molar-refractivity contribution >= 4 is 40.0 Å². The van der Waals surface area contributed by atoms with E-state index >= 15 is 0 Å². The highest BCUT2D eigenvalue weighted by Crippen LogP contribution is 2.36. The number of carbonyl (C=O) groups is 2. The number of allylic oxidation sites excluding steroid dienone is 1. The first kappa shape index (κ1) is 28.6. The van der Waals surface area contributed by atoms with Crippen LogP contribution in [0.25, 0.3) is 22.5 Å². The number of hydrogen-bond donors (Lipinski definition) is 1. The molecule has 1 aliphatic carbocycles. The number of amides is 1. The zero-order valence-electron chi connectivity index (χ0n) is 22.5. The Kier molecular flexibility index (Phi) is 9.15. The van der Waals surface area contributed by atoms with E-state index in [4.69, 9.17) is 9.47 Å². The summed E-state index contributed by atoms with van der Waals surface area (Å²) in [6, 6.07) is 13.6. The second-order valence-electron chi connectivity index (χ2n) is 9.44. The Bertz CT molecular complexity index is 1530. The number of ether oxygens (including phenoxy) is 2. The summed E-state index contributed by atoms with van der Waals surface area (Å²) in [6.07, 6.45) is 6.64. The van der Waals surface area contributed by atoms with E-state index in [1.807, 2.05) is 28.8 Å². The van der Waals surface area contributed by atoms with Crippen LogP contribution in [0, 0.1) is 5.82 Å². The fourth-order valence-electron chi connectivity index (χ4n) is 4.67. The van der Waals surface area contributed by atoms with Crippen LogP contribution >= 0.6 is 23.1 Å². The minimum Gasteiger partial charge on any atom is -0.490 e. The van der Waals surface area contributed by atoms with E-state index in [0.717, 1.165) is 24.2 Å². The Balaban J connectivity index is 1.28. The molecule has 0 saturated heterocycles. The second-order valence-corrected chi connectivity index (χ2v) is 11.3. The number of hydrogen-bond acceptors (Lipinski definition) is 8. The lowest BCUT2D eigenvalue weighted by atomic mass is 10.0. The van der Waals surface area contributed by atoms with Crippen LogP contribution in [0.5, 0.6) is 5.75 Å². The number of methoxy groups -OCH3 is 1. The number of halogens is 1. The van der Waals surface area contributed by atoms with E-state index < -0.39 is 5.97 Å². The zero-order valence-corrected chi connectivity index (χ0v) is 24.1. The smallest absolute Gasteiger partial charge is 0.341 e. The lowest BCUT2D eigenvalue weighted by molar-refractivity contribution is -0.113. The van der Waals surface area contributed by atoms with Gasteiger partial charge in [0.15, 0.2) is 11.0 Å². The predicted octanol–water partition coefficient (Wildman–Crippen LogP) is 6.84. The van der Waals surface area contributed by atoms with Gasteiger partial charge in [0.25, 0.3) is 0 Å². The molecule has 1 amide bonds. The summed E-state index contributed by atoms with van der Waals surface area (Å²) in [5.74, 6) is 0.235. The SMILES string of the molecule is C=CCn1c(SCC(=O)Nc2scc(-c3ccc(F)cc3)c2C(=O)OC)nnc1-c1ccc(OC2CCCC2)cc1. The molecule has 0 bridgehead atoms. The van der Waals surface area contributed by atoms with Gasteiger partial charge in [-0.3, -0.25) is 9.36 Å². The van der Waals surface area contributed by atoms with Gasteiger partial charge in [-0.15, -0.1) is 28.1 Å². The molecule has 212 valence electrons. The van der Waals surface area contributed by atoms with Crippen molar-refractivity contribution in [1.29, 1.82) is 0 Å². The Morgan fingerprint density at radius 3 is 2.51 bits per heavy atom. The van der Waals surface area contributed by atoms with Crippen LogP contribution in [-0.2, 0) is 16.1 Å². The van der Waals surface area contributed by atoms with Crippen molar-refractivity contribution in [2.24, 2.45) is 0 Å². The first-order valence-electron chi connectivity index (χ1n) is 13.2. The summed E-state index contributed by atoms with van der Waals surface area (Å²) in [6.45, 7) is 4.32. The Labute approximate surface area is 245 Å². The van der Waals surface area contributed by atoms with Gasteiger partial charge in [0.2, 0.25) is 5.91 Å². The standard InChI is InChI=1S/C30H29FN4O4S2/c1-3-16-35-27(20-10-14-23(15-11-20)39-22-6-4-5-7-22)33-34-30(35)41-18-25(36)32-28-26(29(37)38-2)24(17-40-28)19-8-12-21(31)13-9-19/h3,8-15,17,22H,1,4-7,16,18H2,2H3,(H,32,36). The number of aromatic nitrogens is 3. The highest BCUT2D eigenvalue weighted by Gasteiger charge is 2.23. The predicted molar refractivity (Wildman–Crippen MR) is 159 cm³/mol. The molecule has 0 atom stereocenters. The van der Waals surface area contributed by atoms with Crippen LogP contribution < -0.4 is 10.1 Å². The maximum Gasteiger partial charge on any atom is 0.341 e. The number of esters is 1. The van der Waals surface area contributed by atoms with Crippen LogP contribution in [0.3, 0.4) is 0 Å². The number of thioether (sulfide) groups is 1. The van der Waals surface area contributed by atoms with E-state index in [9.17, 15) is 14.0 Å². The largest absolute Gasteiger partial charge is 0.490 e. The molecule has 0 spiro atoms. The molecule has 5 rings (SSSR count). The van der Waals surface area contributed by atoms with Crippen molar-refractivity contribution in [2.45, 2.75) is 43.5 Å². The lowest BCUT2D eigenvalue weighted by Gasteiger charge is -2.13. The van der Waals surface area contributed by atoms with Crippen LogP contribution in [0.15, 0.2) is 71.7 Å². The molecule has 41 heavy (non-hydrogen) atoms. The summed E-state index contributed by atoms with van der Waals surface area (Å²) in [4.78, 5) is 25.5. The van der Waals surface area contributed by atoms with E-state index in [1.54, 1.807) is 23.6 Å². The third-order valence-corrected chi connectivity index (χ3v) is 8.53. The van der Waals surface area contributed by atoms with Gasteiger partial charge in [0, 0.05) is 23.1 Å². The third kappa shape index (κ3) is 6.68. The zero-order chi connectivity index (χ0) is 28.8. The number of rotatable bonds is 11. The number of nitrogens with one attached hydrogen (secondary N) is 1. The Morgan fingerprint density at radius 1 is 1.12 bits per heavy atom. The fraction of sp³-hybridized carbons (Fsp3) is 0.267. The minimum absolute atomic E-state index is 0.0356. The third-order valence-electron chi connectivity index (χ3n) is 6.67. The highest BCUT2D eigenvalue weighted by atomic mass is 32.2. The molecule has 2 aromatic heterocycles. The Hall–Kier alpha value is -3.96. The monoisotopic (exact) mass is 592 g/mol. The maximum atomic E-state index is 13.4. The molecule has 4 aromatic rings. The molecule has 0 aliphatic heterocycles. The van der Waals surface area contributed by atoms with E-state index in [1.165, 1.54) is 55.2 Å². The lowest BCUT2D eigenvalue weighted by Crippen LogP contribution is -2.16. The summed E-state index contributed by atoms with van der Waals surface area (Å²) in [7, 11) is 1.27. The molecule has 0 radical (unpaired) electrons. The van der Waals surface area contributed by atoms with Crippen molar-refractivity contribution in [2.75, 3.05) is 18.2 Å². The number of thiophene rings is 1. The molecular weight excluding hydrogens is 563 g/mol. The summed E-state index contributed by atoms with van der Waals surface area (Å²) in [5.41, 5.74) is 2.30. The van der Waals surface area contributed by atoms with Gasteiger partial charge in [0.1, 0.15) is 22.1 Å². The average Bonchev–Trinajstić information content (AvgIpc) is 3.74. The first-order chi connectivity index (χ1) is 20.0. The number of nitrogens with zero attached hydrogens (tertiary/aromatic N) is 3. The molecule has 0 unspecified atom stereocenters. The summed E-state index contributed by atoms with van der Waals surface area (Å²) in [5, 5.41) is 14.2. The average molecular weight is 593 g/mol. The van der Waals surface area contributed by atoms with Crippen molar-refractivity contribution in [3.05, 3.63) is 77.9 Å². The Morgan fingerprint density at radius 2 is 1.83 bits per heavy atom. The van der Waals surface area contributed by atoms with Crippen LogP contribution in [-0.4, -0.2) is 45.6 Å². The van der Waals surface area contributed by atoms with Gasteiger partial charge in [-0.2, -0.15) is 0 Å². The van der Waals surface area contributed by atoms with Gasteiger partial charge in [-0.05, 0) is 67.6 Å². The summed E-state index contributed by atoms with van der Waals surface area (Å²) >= 11 is 2.43. The molecule has 2 heterocycles. The van der Waals surface area contributed by atoms with Crippen LogP contribution in [0.4, 0.5) is 9.39 Å². The molecule has 1 fully saturated rings. The molecule has 11 heteroatoms. The van der Waals surface area contributed by atoms with E-state index in [-0.39, 0.29) is 29.1 Å². The van der Waals surface area contributed by atoms with Crippen LogP contribution in [0.1, 0.15) is 36.0 Å². The molecule has 1 N–H and O–H groups in total. The van der Waals surface area contributed by atoms with Gasteiger partial charge < -0.3 is 14.8 Å². The van der Waals surface area contributed by atoms with Crippen molar-refractivity contribution < 1.29 is 23.5 Å². The van der Waals surface area contributed by atoms with Crippen molar-refractivity contribution in [1.82, 2.24) is 14.8 Å². The number of anilines is 1. The van der Waals surface area contributed by atoms with Gasteiger partial charge >= 0.3 is 5.97 Å². The molecule has 2 aromatic carbocycles. The molecular formula is C30H29FN4O4S2. The fourth-order valence-corrected chi connectivity index (χ4v) is 6.39. The summed E-state index contributed by atoms with van der Waals surface area (Å²) < 4.78 is 26.3. The van der Waals surface area contributed by atoms with Gasteiger partial charge in [-0.1, -0.05) is 30.0 Å². The molecule has 1 aliphatic rings. The molecule has 8 nitrogen and oxygen atoms in total. The number of benzene rings is 2. The van der Waals surface area contributed by atoms with Gasteiger partial charge in [0.05, 0.1) is 19.0 Å². The first-order valence-corrected chi connectivity index (χ1v) is 15.0. The maximum absolute atomic E-state index is 13.4. The van der Waals surface area contributed by atoms with Gasteiger partial charge in [-0.25, -0.2) is 9.18 Å². The van der Waals surface area contributed by atoms with E-state index in [2.05, 4.69) is 22.1 Å². The topological polar surface area (TPSA) is 95.3 Å². The van der Waals surface area contributed by atoms with Crippen molar-refractivity contribution in [3.8, 4) is 28.3 Å².